The van der Waals surface area contributed by atoms with E-state index >= 15 is 0 Å². The van der Waals surface area contributed by atoms with Crippen LogP contribution in [-0.4, -0.2) is 34.2 Å². The maximum absolute atomic E-state index is 3.95. The second-order valence-electron chi connectivity index (χ2n) is 4.84. The standard InChI is InChI=1S/C14H18N4/c1-2-4-12(5-3-1)10-18-7-6-13(11-18)17-14-8-15-16-9-14/h1-5,8-9,13,17H,6-7,10-11H2,(H,15,16). The normalized spacial score (nSPS) is 20.1. The number of benzene rings is 1. The lowest BCUT2D eigenvalue weighted by Gasteiger charge is -2.16. The van der Waals surface area contributed by atoms with Crippen LogP contribution < -0.4 is 5.32 Å². The maximum atomic E-state index is 3.95. The van der Waals surface area contributed by atoms with Gasteiger partial charge in [-0.1, -0.05) is 30.3 Å². The van der Waals surface area contributed by atoms with Crippen molar-refractivity contribution >= 4 is 5.69 Å². The molecule has 1 saturated heterocycles. The largest absolute Gasteiger partial charge is 0.378 e. The summed E-state index contributed by atoms with van der Waals surface area (Å²) in [6, 6.07) is 11.2. The predicted molar refractivity (Wildman–Crippen MR) is 72.3 cm³/mol. The van der Waals surface area contributed by atoms with Gasteiger partial charge < -0.3 is 5.32 Å². The SMILES string of the molecule is c1ccc(CN2CCC(Nc3cn[nH]c3)C2)cc1. The maximum Gasteiger partial charge on any atom is 0.0726 e. The van der Waals surface area contributed by atoms with Gasteiger partial charge in [0.2, 0.25) is 0 Å². The lowest BCUT2D eigenvalue weighted by Crippen LogP contribution is -2.25. The quantitative estimate of drug-likeness (QED) is 0.863. The summed E-state index contributed by atoms with van der Waals surface area (Å²) in [5, 5.41) is 10.3. The van der Waals surface area contributed by atoms with Gasteiger partial charge in [0.15, 0.2) is 0 Å². The molecule has 94 valence electrons. The third-order valence-corrected chi connectivity index (χ3v) is 3.39. The molecule has 1 fully saturated rings. The molecule has 0 bridgehead atoms. The topological polar surface area (TPSA) is 44.0 Å². The van der Waals surface area contributed by atoms with Gasteiger partial charge in [-0.25, -0.2) is 0 Å². The molecule has 1 aromatic heterocycles. The molecule has 4 heteroatoms. The summed E-state index contributed by atoms with van der Waals surface area (Å²) in [7, 11) is 0. The zero-order valence-electron chi connectivity index (χ0n) is 10.3. The molecule has 1 aliphatic rings. The number of hydrogen-bond donors (Lipinski definition) is 2. The molecule has 1 unspecified atom stereocenters. The highest BCUT2D eigenvalue weighted by atomic mass is 15.2. The van der Waals surface area contributed by atoms with E-state index in [1.54, 1.807) is 0 Å². The fourth-order valence-electron chi connectivity index (χ4n) is 2.50. The summed E-state index contributed by atoms with van der Waals surface area (Å²) < 4.78 is 0. The van der Waals surface area contributed by atoms with E-state index < -0.39 is 0 Å². The van der Waals surface area contributed by atoms with E-state index in [9.17, 15) is 0 Å². The molecular formula is C14H18N4. The fraction of sp³-hybridized carbons (Fsp3) is 0.357. The summed E-state index contributed by atoms with van der Waals surface area (Å²) in [5.74, 6) is 0. The molecule has 0 spiro atoms. The number of aromatic amines is 1. The molecule has 18 heavy (non-hydrogen) atoms. The molecule has 2 N–H and O–H groups in total. The number of hydrogen-bond acceptors (Lipinski definition) is 3. The molecule has 0 radical (unpaired) electrons. The second kappa shape index (κ2) is 5.23. The van der Waals surface area contributed by atoms with Crippen LogP contribution in [0, 0.1) is 0 Å². The monoisotopic (exact) mass is 242 g/mol. The molecule has 2 aromatic rings. The minimum absolute atomic E-state index is 0.534. The molecule has 1 atom stereocenters. The van der Waals surface area contributed by atoms with Crippen molar-refractivity contribution in [1.82, 2.24) is 15.1 Å². The summed E-state index contributed by atoms with van der Waals surface area (Å²) in [5.41, 5.74) is 2.48. The molecule has 0 aliphatic carbocycles. The molecule has 2 heterocycles. The molecule has 0 saturated carbocycles. The van der Waals surface area contributed by atoms with Crippen LogP contribution in [0.15, 0.2) is 42.7 Å². The second-order valence-corrected chi connectivity index (χ2v) is 4.84. The smallest absolute Gasteiger partial charge is 0.0726 e. The Bertz CT molecular complexity index is 466. The first-order valence-electron chi connectivity index (χ1n) is 6.42. The first-order valence-corrected chi connectivity index (χ1v) is 6.42. The first kappa shape index (κ1) is 11.3. The van der Waals surface area contributed by atoms with E-state index in [2.05, 4.69) is 50.7 Å². The van der Waals surface area contributed by atoms with Crippen LogP contribution in [0.3, 0.4) is 0 Å². The van der Waals surface area contributed by atoms with Crippen LogP contribution in [0.1, 0.15) is 12.0 Å². The summed E-state index contributed by atoms with van der Waals surface area (Å²) in [6.07, 6.45) is 4.93. The van der Waals surface area contributed by atoms with Crippen molar-refractivity contribution in [2.75, 3.05) is 18.4 Å². The first-order chi connectivity index (χ1) is 8.90. The zero-order chi connectivity index (χ0) is 12.2. The number of likely N-dealkylation sites (tertiary alicyclic amines) is 1. The Morgan fingerprint density at radius 3 is 3.00 bits per heavy atom. The van der Waals surface area contributed by atoms with Gasteiger partial charge in [-0.2, -0.15) is 5.10 Å². The minimum atomic E-state index is 0.534. The number of aromatic nitrogens is 2. The van der Waals surface area contributed by atoms with Gasteiger partial charge in [0.05, 0.1) is 11.9 Å². The number of H-pyrrole nitrogens is 1. The third-order valence-electron chi connectivity index (χ3n) is 3.39. The lowest BCUT2D eigenvalue weighted by atomic mass is 10.2. The number of nitrogens with zero attached hydrogens (tertiary/aromatic N) is 2. The molecule has 3 rings (SSSR count). The van der Waals surface area contributed by atoms with E-state index in [4.69, 9.17) is 0 Å². The zero-order valence-corrected chi connectivity index (χ0v) is 10.3. The lowest BCUT2D eigenvalue weighted by molar-refractivity contribution is 0.328. The average Bonchev–Trinajstić information content (AvgIpc) is 3.03. The van der Waals surface area contributed by atoms with Crippen molar-refractivity contribution in [2.45, 2.75) is 19.0 Å². The Kier molecular flexibility index (Phi) is 3.28. The van der Waals surface area contributed by atoms with Crippen LogP contribution in [0.4, 0.5) is 5.69 Å². The van der Waals surface area contributed by atoms with E-state index in [-0.39, 0.29) is 0 Å². The Morgan fingerprint density at radius 2 is 2.22 bits per heavy atom. The van der Waals surface area contributed by atoms with Gasteiger partial charge in [0, 0.05) is 31.9 Å². The minimum Gasteiger partial charge on any atom is -0.378 e. The third kappa shape index (κ3) is 2.71. The van der Waals surface area contributed by atoms with Crippen molar-refractivity contribution in [3.63, 3.8) is 0 Å². The van der Waals surface area contributed by atoms with Gasteiger partial charge in [-0.15, -0.1) is 0 Å². The predicted octanol–water partition coefficient (Wildman–Crippen LogP) is 2.10. The van der Waals surface area contributed by atoms with Crippen molar-refractivity contribution in [3.8, 4) is 0 Å². The van der Waals surface area contributed by atoms with Crippen molar-refractivity contribution in [1.29, 1.82) is 0 Å². The Hall–Kier alpha value is -1.81. The Balaban J connectivity index is 1.52. The van der Waals surface area contributed by atoms with Gasteiger partial charge in [0.1, 0.15) is 0 Å². The van der Waals surface area contributed by atoms with Crippen molar-refractivity contribution in [3.05, 3.63) is 48.3 Å². The highest BCUT2D eigenvalue weighted by Gasteiger charge is 2.22. The summed E-state index contributed by atoms with van der Waals surface area (Å²) in [4.78, 5) is 2.49. The van der Waals surface area contributed by atoms with E-state index in [0.29, 0.717) is 6.04 Å². The van der Waals surface area contributed by atoms with Crippen molar-refractivity contribution in [2.24, 2.45) is 0 Å². The van der Waals surface area contributed by atoms with Crippen LogP contribution in [0.2, 0.25) is 0 Å². The Labute approximate surface area is 107 Å². The van der Waals surface area contributed by atoms with Crippen LogP contribution >= 0.6 is 0 Å². The summed E-state index contributed by atoms with van der Waals surface area (Å²) >= 11 is 0. The average molecular weight is 242 g/mol. The molecular weight excluding hydrogens is 224 g/mol. The number of nitrogens with one attached hydrogen (secondary N) is 2. The van der Waals surface area contributed by atoms with Gasteiger partial charge in [-0.3, -0.25) is 10.00 Å². The number of rotatable bonds is 4. The Morgan fingerprint density at radius 1 is 1.33 bits per heavy atom. The van der Waals surface area contributed by atoms with Crippen LogP contribution in [0.25, 0.3) is 0 Å². The van der Waals surface area contributed by atoms with E-state index in [1.807, 2.05) is 12.4 Å². The van der Waals surface area contributed by atoms with E-state index in [0.717, 1.165) is 25.3 Å². The molecule has 1 aromatic carbocycles. The highest BCUT2D eigenvalue weighted by molar-refractivity contribution is 5.39. The molecule has 4 nitrogen and oxygen atoms in total. The summed E-state index contributed by atoms with van der Waals surface area (Å²) in [6.45, 7) is 3.30. The number of anilines is 1. The fourth-order valence-corrected chi connectivity index (χ4v) is 2.50. The van der Waals surface area contributed by atoms with Crippen LogP contribution in [0.5, 0.6) is 0 Å². The van der Waals surface area contributed by atoms with E-state index in [1.165, 1.54) is 12.0 Å². The highest BCUT2D eigenvalue weighted by Crippen LogP contribution is 2.16. The van der Waals surface area contributed by atoms with Crippen LogP contribution in [-0.2, 0) is 6.54 Å². The molecule has 1 aliphatic heterocycles. The molecule has 0 amide bonds. The van der Waals surface area contributed by atoms with Gasteiger partial charge in [-0.05, 0) is 12.0 Å². The van der Waals surface area contributed by atoms with Gasteiger partial charge in [0.25, 0.3) is 0 Å². The van der Waals surface area contributed by atoms with Gasteiger partial charge >= 0.3 is 0 Å². The van der Waals surface area contributed by atoms with Crippen molar-refractivity contribution < 1.29 is 0 Å².